The van der Waals surface area contributed by atoms with E-state index in [-0.39, 0.29) is 18.3 Å². The molecule has 1 fully saturated rings. The van der Waals surface area contributed by atoms with Gasteiger partial charge in [0.05, 0.1) is 11.2 Å². The zero-order chi connectivity index (χ0) is 14.4. The molecule has 0 radical (unpaired) electrons. The fourth-order valence-corrected chi connectivity index (χ4v) is 2.59. The van der Waals surface area contributed by atoms with Gasteiger partial charge in [-0.05, 0) is 50.7 Å². The molecule has 1 aliphatic heterocycles. The summed E-state index contributed by atoms with van der Waals surface area (Å²) in [5.41, 5.74) is 8.13. The van der Waals surface area contributed by atoms with Crippen molar-refractivity contribution >= 4 is 18.3 Å². The minimum Gasteiger partial charge on any atom is -0.399 e. The highest BCUT2D eigenvalue weighted by molar-refractivity contribution is 6.62. The van der Waals surface area contributed by atoms with Gasteiger partial charge in [-0.15, -0.1) is 0 Å². The first-order chi connectivity index (χ1) is 8.67. The number of nitrogens with two attached hydrogens (primary N) is 1. The van der Waals surface area contributed by atoms with Gasteiger partial charge in [0, 0.05) is 5.69 Å². The summed E-state index contributed by atoms with van der Waals surface area (Å²) in [5.74, 6) is 0.377. The highest BCUT2D eigenvalue weighted by Gasteiger charge is 2.55. The molecule has 0 amide bonds. The molecule has 1 aromatic rings. The van der Waals surface area contributed by atoms with Crippen molar-refractivity contribution in [1.82, 2.24) is 0 Å². The first-order valence-corrected chi connectivity index (χ1v) is 6.89. The normalized spacial score (nSPS) is 26.2. The third-order valence-corrected chi connectivity index (χ3v) is 4.62. The first kappa shape index (κ1) is 14.4. The Balaban J connectivity index is 2.32. The predicted octanol–water partition coefficient (Wildman–Crippen LogP) is 2.51. The van der Waals surface area contributed by atoms with Crippen LogP contribution in [0.2, 0.25) is 0 Å². The molecule has 2 rings (SSSR count). The summed E-state index contributed by atoms with van der Waals surface area (Å²) in [6.07, 6.45) is 0. The van der Waals surface area contributed by atoms with Crippen LogP contribution < -0.4 is 11.2 Å². The number of hydrogen-bond donors (Lipinski definition) is 1. The van der Waals surface area contributed by atoms with Crippen LogP contribution in [-0.2, 0) is 9.31 Å². The van der Waals surface area contributed by atoms with Gasteiger partial charge in [-0.1, -0.05) is 26.0 Å². The Morgan fingerprint density at radius 3 is 2.26 bits per heavy atom. The molecule has 104 valence electrons. The minimum absolute atomic E-state index is 0.299. The van der Waals surface area contributed by atoms with Crippen molar-refractivity contribution in [2.45, 2.75) is 52.7 Å². The summed E-state index contributed by atoms with van der Waals surface area (Å²) in [4.78, 5) is 0. The number of rotatable bonds is 2. The molecular formula is C15H24BNO2. The van der Waals surface area contributed by atoms with Gasteiger partial charge >= 0.3 is 7.12 Å². The van der Waals surface area contributed by atoms with Gasteiger partial charge in [-0.3, -0.25) is 0 Å². The Kier molecular flexibility index (Phi) is 3.44. The van der Waals surface area contributed by atoms with Crippen LogP contribution in [0.1, 0.15) is 40.2 Å². The number of aryl methyl sites for hydroxylation is 1. The smallest absolute Gasteiger partial charge is 0.399 e. The standard InChI is InChI=1S/C15H24BNO2/c1-10(2)15(6)14(4,5)18-16(19-15)12-7-8-13(17)11(3)9-12/h7-10H,17H2,1-6H3. The van der Waals surface area contributed by atoms with Crippen molar-refractivity contribution in [3.8, 4) is 0 Å². The lowest BCUT2D eigenvalue weighted by atomic mass is 9.77. The molecule has 1 saturated heterocycles. The maximum atomic E-state index is 6.24. The fraction of sp³-hybridized carbons (Fsp3) is 0.600. The minimum atomic E-state index is -0.318. The number of benzene rings is 1. The van der Waals surface area contributed by atoms with Crippen LogP contribution in [0.5, 0.6) is 0 Å². The van der Waals surface area contributed by atoms with Crippen LogP contribution >= 0.6 is 0 Å². The summed E-state index contributed by atoms with van der Waals surface area (Å²) in [6, 6.07) is 5.94. The lowest BCUT2D eigenvalue weighted by Gasteiger charge is -2.39. The van der Waals surface area contributed by atoms with Crippen molar-refractivity contribution < 1.29 is 9.31 Å². The molecule has 0 saturated carbocycles. The van der Waals surface area contributed by atoms with Crippen molar-refractivity contribution in [2.75, 3.05) is 5.73 Å². The maximum Gasteiger partial charge on any atom is 0.494 e. The maximum absolute atomic E-state index is 6.24. The van der Waals surface area contributed by atoms with E-state index >= 15 is 0 Å². The molecule has 1 aliphatic rings. The molecule has 1 aromatic carbocycles. The molecule has 1 atom stereocenters. The Morgan fingerprint density at radius 2 is 1.79 bits per heavy atom. The predicted molar refractivity (Wildman–Crippen MR) is 80.5 cm³/mol. The second kappa shape index (κ2) is 4.53. The van der Waals surface area contributed by atoms with E-state index in [2.05, 4.69) is 34.6 Å². The van der Waals surface area contributed by atoms with Gasteiger partial charge in [0.25, 0.3) is 0 Å². The third kappa shape index (κ3) is 2.28. The molecule has 1 heterocycles. The summed E-state index contributed by atoms with van der Waals surface area (Å²) in [5, 5.41) is 0. The Hall–Kier alpha value is -0.995. The van der Waals surface area contributed by atoms with Crippen LogP contribution in [0.3, 0.4) is 0 Å². The van der Waals surface area contributed by atoms with E-state index in [0.717, 1.165) is 16.7 Å². The zero-order valence-corrected chi connectivity index (χ0v) is 12.8. The summed E-state index contributed by atoms with van der Waals surface area (Å²) in [6.45, 7) is 12.7. The van der Waals surface area contributed by atoms with E-state index in [9.17, 15) is 0 Å². The van der Waals surface area contributed by atoms with Crippen LogP contribution in [0.4, 0.5) is 5.69 Å². The summed E-state index contributed by atoms with van der Waals surface area (Å²) in [7, 11) is -0.318. The number of nitrogen functional groups attached to an aromatic ring is 1. The van der Waals surface area contributed by atoms with E-state index in [4.69, 9.17) is 15.0 Å². The lowest BCUT2D eigenvalue weighted by molar-refractivity contribution is -0.0435. The van der Waals surface area contributed by atoms with Gasteiger partial charge in [0.15, 0.2) is 0 Å². The Bertz CT molecular complexity index is 487. The average Bonchev–Trinajstić information content (AvgIpc) is 2.55. The van der Waals surface area contributed by atoms with Gasteiger partial charge in [0.1, 0.15) is 0 Å². The highest BCUT2D eigenvalue weighted by atomic mass is 16.7. The number of anilines is 1. The Morgan fingerprint density at radius 1 is 1.16 bits per heavy atom. The second-order valence-electron chi connectivity index (χ2n) is 6.46. The molecule has 4 heteroatoms. The van der Waals surface area contributed by atoms with Crippen molar-refractivity contribution in [2.24, 2.45) is 5.92 Å². The van der Waals surface area contributed by atoms with Crippen molar-refractivity contribution in [1.29, 1.82) is 0 Å². The van der Waals surface area contributed by atoms with E-state index in [1.165, 1.54) is 0 Å². The monoisotopic (exact) mass is 261 g/mol. The van der Waals surface area contributed by atoms with E-state index in [1.807, 2.05) is 25.1 Å². The SMILES string of the molecule is Cc1cc(B2OC(C)(C)C(C)(C(C)C)O2)ccc1N. The molecule has 19 heavy (non-hydrogen) atoms. The summed E-state index contributed by atoms with van der Waals surface area (Å²) < 4.78 is 12.4. The van der Waals surface area contributed by atoms with Gasteiger partial charge < -0.3 is 15.0 Å². The molecule has 0 aliphatic carbocycles. The summed E-state index contributed by atoms with van der Waals surface area (Å²) >= 11 is 0. The molecule has 3 nitrogen and oxygen atoms in total. The Labute approximate surface area is 116 Å². The molecule has 2 N–H and O–H groups in total. The van der Waals surface area contributed by atoms with E-state index in [1.54, 1.807) is 0 Å². The third-order valence-electron chi connectivity index (χ3n) is 4.62. The first-order valence-electron chi connectivity index (χ1n) is 6.89. The molecule has 1 unspecified atom stereocenters. The molecule has 0 spiro atoms. The van der Waals surface area contributed by atoms with Gasteiger partial charge in [0.2, 0.25) is 0 Å². The molecular weight excluding hydrogens is 237 g/mol. The van der Waals surface area contributed by atoms with E-state index in [0.29, 0.717) is 5.92 Å². The molecule has 0 aromatic heterocycles. The average molecular weight is 261 g/mol. The lowest BCUT2D eigenvalue weighted by Crippen LogP contribution is -2.48. The molecule has 0 bridgehead atoms. The van der Waals surface area contributed by atoms with Crippen LogP contribution in [0, 0.1) is 12.8 Å². The topological polar surface area (TPSA) is 44.5 Å². The fourth-order valence-electron chi connectivity index (χ4n) is 2.59. The number of hydrogen-bond acceptors (Lipinski definition) is 3. The van der Waals surface area contributed by atoms with Crippen molar-refractivity contribution in [3.63, 3.8) is 0 Å². The highest BCUT2D eigenvalue weighted by Crippen LogP contribution is 2.42. The van der Waals surface area contributed by atoms with E-state index < -0.39 is 0 Å². The largest absolute Gasteiger partial charge is 0.494 e. The quantitative estimate of drug-likeness (QED) is 0.657. The van der Waals surface area contributed by atoms with Gasteiger partial charge in [-0.25, -0.2) is 0 Å². The van der Waals surface area contributed by atoms with Crippen LogP contribution in [0.25, 0.3) is 0 Å². The zero-order valence-electron chi connectivity index (χ0n) is 12.8. The van der Waals surface area contributed by atoms with Crippen LogP contribution in [-0.4, -0.2) is 18.3 Å². The van der Waals surface area contributed by atoms with Crippen LogP contribution in [0.15, 0.2) is 18.2 Å². The van der Waals surface area contributed by atoms with Gasteiger partial charge in [-0.2, -0.15) is 0 Å². The van der Waals surface area contributed by atoms with Crippen molar-refractivity contribution in [3.05, 3.63) is 23.8 Å². The second-order valence-corrected chi connectivity index (χ2v) is 6.46.